The minimum atomic E-state index is -0.544. The first-order chi connectivity index (χ1) is 26.7. The molecule has 14 nitrogen and oxygen atoms in total. The second kappa shape index (κ2) is 21.7. The summed E-state index contributed by atoms with van der Waals surface area (Å²) in [6.07, 6.45) is 7.48. The molecule has 0 aliphatic carbocycles. The van der Waals surface area contributed by atoms with Crippen molar-refractivity contribution in [2.75, 3.05) is 28.4 Å². The molecule has 2 N–H and O–H groups in total. The van der Waals surface area contributed by atoms with E-state index in [2.05, 4.69) is 21.1 Å². The Hall–Kier alpha value is -6.70. The van der Waals surface area contributed by atoms with Crippen LogP contribution in [-0.4, -0.2) is 64.6 Å². The first-order valence-corrected chi connectivity index (χ1v) is 17.4. The molecule has 0 aliphatic rings. The van der Waals surface area contributed by atoms with E-state index in [-0.39, 0.29) is 23.3 Å². The maximum Gasteiger partial charge on any atom is 0.343 e. The van der Waals surface area contributed by atoms with Crippen molar-refractivity contribution in [3.05, 3.63) is 107 Å². The number of hydrogen-bond donors (Lipinski definition) is 2. The monoisotopic (exact) mass is 752 g/mol. The van der Waals surface area contributed by atoms with Crippen LogP contribution in [0.1, 0.15) is 76.8 Å². The minimum absolute atomic E-state index is 0.215. The number of unbranched alkanes of at least 4 members (excludes halogenated alkanes) is 4. The van der Waals surface area contributed by atoms with Crippen LogP contribution >= 0.6 is 0 Å². The molecule has 0 aromatic heterocycles. The summed E-state index contributed by atoms with van der Waals surface area (Å²) in [6.45, 7) is 0. The summed E-state index contributed by atoms with van der Waals surface area (Å²) in [5.74, 6) is 0.885. The Morgan fingerprint density at radius 2 is 0.873 bits per heavy atom. The van der Waals surface area contributed by atoms with Gasteiger partial charge in [0.1, 0.15) is 11.5 Å². The van der Waals surface area contributed by atoms with E-state index in [1.807, 2.05) is 0 Å². The van der Waals surface area contributed by atoms with Gasteiger partial charge in [0.05, 0.1) is 52.0 Å². The third kappa shape index (κ3) is 13.3. The molecule has 0 radical (unpaired) electrons. The van der Waals surface area contributed by atoms with Crippen molar-refractivity contribution in [3.8, 4) is 34.5 Å². The zero-order chi connectivity index (χ0) is 39.4. The minimum Gasteiger partial charge on any atom is -0.497 e. The molecule has 0 saturated heterocycles. The predicted molar refractivity (Wildman–Crippen MR) is 206 cm³/mol. The van der Waals surface area contributed by atoms with Crippen LogP contribution in [0.5, 0.6) is 34.5 Å². The lowest BCUT2D eigenvalue weighted by Crippen LogP contribution is -2.17. The van der Waals surface area contributed by atoms with Gasteiger partial charge < -0.3 is 28.4 Å². The lowest BCUT2D eigenvalue weighted by molar-refractivity contribution is -0.121. The molecule has 0 fully saturated rings. The molecule has 14 heteroatoms. The Kier molecular flexibility index (Phi) is 16.2. The molecule has 4 rings (SSSR count). The zero-order valence-electron chi connectivity index (χ0n) is 31.2. The number of nitrogens with zero attached hydrogens (tertiary/aromatic N) is 2. The van der Waals surface area contributed by atoms with Gasteiger partial charge in [-0.25, -0.2) is 20.4 Å². The van der Waals surface area contributed by atoms with Crippen molar-refractivity contribution in [2.24, 2.45) is 10.2 Å². The van der Waals surface area contributed by atoms with E-state index >= 15 is 0 Å². The summed E-state index contributed by atoms with van der Waals surface area (Å²) < 4.78 is 31.9. The smallest absolute Gasteiger partial charge is 0.343 e. The summed E-state index contributed by atoms with van der Waals surface area (Å²) in [6, 6.07) is 22.9. The highest BCUT2D eigenvalue weighted by Crippen LogP contribution is 2.30. The normalized spacial score (nSPS) is 10.8. The Bertz CT molecular complexity index is 1820. The molecule has 0 saturated carbocycles. The molecule has 0 unspecified atom stereocenters. The average Bonchev–Trinajstić information content (AvgIpc) is 3.21. The molecule has 0 aliphatic heterocycles. The number of hydrazone groups is 2. The molecule has 4 aromatic rings. The summed E-state index contributed by atoms with van der Waals surface area (Å²) >= 11 is 0. The third-order valence-corrected chi connectivity index (χ3v) is 8.05. The van der Waals surface area contributed by atoms with Crippen LogP contribution in [0.4, 0.5) is 0 Å². The van der Waals surface area contributed by atoms with Crippen LogP contribution in [0.2, 0.25) is 0 Å². The number of amides is 2. The molecule has 288 valence electrons. The predicted octanol–water partition coefficient (Wildman–Crippen LogP) is 6.49. The zero-order valence-corrected chi connectivity index (χ0v) is 31.2. The molecular formula is C41H44N4O10. The van der Waals surface area contributed by atoms with Gasteiger partial charge in [-0.1, -0.05) is 19.3 Å². The highest BCUT2D eigenvalue weighted by Gasteiger charge is 2.15. The van der Waals surface area contributed by atoms with Crippen molar-refractivity contribution in [3.63, 3.8) is 0 Å². The largest absolute Gasteiger partial charge is 0.497 e. The van der Waals surface area contributed by atoms with E-state index in [1.165, 1.54) is 26.6 Å². The van der Waals surface area contributed by atoms with Crippen molar-refractivity contribution in [1.29, 1.82) is 0 Å². The lowest BCUT2D eigenvalue weighted by atomic mass is 10.1. The fourth-order valence-electron chi connectivity index (χ4n) is 5.04. The summed E-state index contributed by atoms with van der Waals surface area (Å²) in [4.78, 5) is 49.5. The second-order valence-electron chi connectivity index (χ2n) is 11.9. The Balaban J connectivity index is 1.08. The van der Waals surface area contributed by atoms with Crippen molar-refractivity contribution in [2.45, 2.75) is 44.9 Å². The highest BCUT2D eigenvalue weighted by atomic mass is 16.6. The van der Waals surface area contributed by atoms with E-state index in [1.54, 1.807) is 99.1 Å². The van der Waals surface area contributed by atoms with E-state index in [0.717, 1.165) is 19.3 Å². The van der Waals surface area contributed by atoms with E-state index in [9.17, 15) is 19.2 Å². The van der Waals surface area contributed by atoms with Gasteiger partial charge in [-0.2, -0.15) is 10.2 Å². The van der Waals surface area contributed by atoms with Crippen LogP contribution in [-0.2, 0) is 9.59 Å². The molecule has 4 aromatic carbocycles. The van der Waals surface area contributed by atoms with Gasteiger partial charge in [0.25, 0.3) is 0 Å². The van der Waals surface area contributed by atoms with Crippen LogP contribution in [0.25, 0.3) is 0 Å². The van der Waals surface area contributed by atoms with Gasteiger partial charge in [0.2, 0.25) is 11.8 Å². The van der Waals surface area contributed by atoms with Crippen LogP contribution < -0.4 is 39.3 Å². The van der Waals surface area contributed by atoms with E-state index < -0.39 is 11.9 Å². The van der Waals surface area contributed by atoms with Crippen LogP contribution in [0, 0.1) is 0 Å². The molecule has 0 spiro atoms. The molecule has 0 atom stereocenters. The van der Waals surface area contributed by atoms with E-state index in [0.29, 0.717) is 70.9 Å². The topological polar surface area (TPSA) is 172 Å². The Morgan fingerprint density at radius 3 is 1.24 bits per heavy atom. The fraction of sp³-hybridized carbons (Fsp3) is 0.268. The summed E-state index contributed by atoms with van der Waals surface area (Å²) in [7, 11) is 6.01. The molecule has 55 heavy (non-hydrogen) atoms. The Labute approximate surface area is 319 Å². The SMILES string of the molecule is COc1ccc(C(=O)Oc2ccc(/C=N/NC(=O)CCCCCCCC(=O)N/N=C/c3ccc(OC(=O)c4ccc(OC)cc4)c(OC)c3)cc2OC)cc1. The quantitative estimate of drug-likeness (QED) is 0.0334. The number of nitrogens with one attached hydrogen (secondary N) is 2. The van der Waals surface area contributed by atoms with Gasteiger partial charge in [-0.3, -0.25) is 9.59 Å². The lowest BCUT2D eigenvalue weighted by Gasteiger charge is -2.10. The maximum absolute atomic E-state index is 12.5. The van der Waals surface area contributed by atoms with Crippen molar-refractivity contribution in [1.82, 2.24) is 10.9 Å². The molecular weight excluding hydrogens is 708 g/mol. The number of benzene rings is 4. The van der Waals surface area contributed by atoms with E-state index in [4.69, 9.17) is 28.4 Å². The van der Waals surface area contributed by atoms with Gasteiger partial charge in [-0.05, 0) is 109 Å². The van der Waals surface area contributed by atoms with Crippen LogP contribution in [0.3, 0.4) is 0 Å². The fourth-order valence-corrected chi connectivity index (χ4v) is 5.04. The molecule has 0 bridgehead atoms. The van der Waals surface area contributed by atoms with Gasteiger partial charge >= 0.3 is 11.9 Å². The standard InChI is InChI=1S/C41H44N4O10/c1-50-32-18-14-30(15-19-32)40(48)54-34-22-12-28(24-36(34)52-3)26-42-44-38(46)10-8-6-5-7-9-11-39(47)45-43-27-29-13-23-35(37(25-29)53-4)55-41(49)31-16-20-33(51-2)21-17-31/h12-27H,5-11H2,1-4H3,(H,44,46)(H,45,47)/b42-26+,43-27+. The number of carbonyl (C=O) groups is 4. The Morgan fingerprint density at radius 1 is 0.491 bits per heavy atom. The first kappa shape index (κ1) is 41.1. The number of rotatable bonds is 20. The van der Waals surface area contributed by atoms with Crippen molar-refractivity contribution < 1.29 is 47.6 Å². The summed E-state index contributed by atoms with van der Waals surface area (Å²) in [5.41, 5.74) is 7.03. The van der Waals surface area contributed by atoms with Gasteiger partial charge in [-0.15, -0.1) is 0 Å². The molecule has 0 heterocycles. The average molecular weight is 753 g/mol. The number of methoxy groups -OCH3 is 4. The number of carbonyl (C=O) groups excluding carboxylic acids is 4. The number of hydrogen-bond acceptors (Lipinski definition) is 12. The highest BCUT2D eigenvalue weighted by molar-refractivity contribution is 5.92. The molecule has 2 amide bonds. The maximum atomic E-state index is 12.5. The van der Waals surface area contributed by atoms with Gasteiger partial charge in [0.15, 0.2) is 23.0 Å². The van der Waals surface area contributed by atoms with Crippen LogP contribution in [0.15, 0.2) is 95.1 Å². The number of ether oxygens (including phenoxy) is 6. The third-order valence-electron chi connectivity index (χ3n) is 8.05. The first-order valence-electron chi connectivity index (χ1n) is 17.4. The number of esters is 2. The van der Waals surface area contributed by atoms with Crippen molar-refractivity contribution >= 4 is 36.2 Å². The second-order valence-corrected chi connectivity index (χ2v) is 11.9. The van der Waals surface area contributed by atoms with Gasteiger partial charge in [0, 0.05) is 12.8 Å². The summed E-state index contributed by atoms with van der Waals surface area (Å²) in [5, 5.41) is 8.04.